The Morgan fingerprint density at radius 1 is 1.42 bits per heavy atom. The van der Waals surface area contributed by atoms with Crippen molar-refractivity contribution in [2.45, 2.75) is 13.0 Å². The fraction of sp³-hybridized carbons (Fsp3) is 0.231. The monoisotopic (exact) mass is 280 g/mol. The predicted molar refractivity (Wildman–Crippen MR) is 71.7 cm³/mol. The van der Waals surface area contributed by atoms with Crippen LogP contribution in [0.25, 0.3) is 0 Å². The molecule has 0 bridgehead atoms. The largest absolute Gasteiger partial charge is 0.476 e. The van der Waals surface area contributed by atoms with Crippen LogP contribution in [-0.2, 0) is 0 Å². The minimum absolute atomic E-state index is 0.0161. The van der Waals surface area contributed by atoms with E-state index in [4.69, 9.17) is 21.1 Å². The molecule has 19 heavy (non-hydrogen) atoms. The predicted octanol–water partition coefficient (Wildman–Crippen LogP) is 3.22. The standard InChI is InChI=1S/C13H13ClN2O3/c1-8(9-3-5-10(14)6-4-9)16(2)13-15-11(7-19-13)12(17)18/h3-8H,1-2H3,(H,17,18). The van der Waals surface area contributed by atoms with Crippen LogP contribution in [0.3, 0.4) is 0 Å². The second-order valence-electron chi connectivity index (χ2n) is 4.16. The van der Waals surface area contributed by atoms with Gasteiger partial charge >= 0.3 is 5.97 Å². The molecule has 1 N–H and O–H groups in total. The zero-order valence-corrected chi connectivity index (χ0v) is 11.3. The highest BCUT2D eigenvalue weighted by Gasteiger charge is 2.18. The zero-order chi connectivity index (χ0) is 14.0. The number of carboxylic acid groups (broad SMARTS) is 1. The Balaban J connectivity index is 2.20. The lowest BCUT2D eigenvalue weighted by Gasteiger charge is -2.23. The van der Waals surface area contributed by atoms with E-state index in [0.29, 0.717) is 5.02 Å². The fourth-order valence-electron chi connectivity index (χ4n) is 1.66. The number of aromatic carboxylic acids is 1. The number of hydrogen-bond acceptors (Lipinski definition) is 4. The zero-order valence-electron chi connectivity index (χ0n) is 10.5. The van der Waals surface area contributed by atoms with Gasteiger partial charge in [-0.25, -0.2) is 4.79 Å². The molecular weight excluding hydrogens is 268 g/mol. The van der Waals surface area contributed by atoms with E-state index in [2.05, 4.69) is 4.98 Å². The molecule has 1 unspecified atom stereocenters. The van der Waals surface area contributed by atoms with E-state index in [1.807, 2.05) is 19.1 Å². The lowest BCUT2D eigenvalue weighted by Crippen LogP contribution is -2.22. The molecule has 1 aromatic carbocycles. The number of carboxylic acids is 1. The van der Waals surface area contributed by atoms with Gasteiger partial charge in [0.25, 0.3) is 6.01 Å². The number of rotatable bonds is 4. The maximum atomic E-state index is 10.8. The number of aromatic nitrogens is 1. The first kappa shape index (κ1) is 13.4. The molecule has 6 heteroatoms. The Bertz CT molecular complexity index is 580. The van der Waals surface area contributed by atoms with Gasteiger partial charge in [-0.05, 0) is 24.6 Å². The van der Waals surface area contributed by atoms with Crippen molar-refractivity contribution in [1.29, 1.82) is 0 Å². The Labute approximate surface area is 115 Å². The quantitative estimate of drug-likeness (QED) is 0.931. The topological polar surface area (TPSA) is 66.6 Å². The first-order valence-corrected chi connectivity index (χ1v) is 6.04. The molecule has 0 aliphatic rings. The summed E-state index contributed by atoms with van der Waals surface area (Å²) in [7, 11) is 1.79. The number of hydrogen-bond donors (Lipinski definition) is 1. The average Bonchev–Trinajstić information content (AvgIpc) is 2.87. The first-order valence-electron chi connectivity index (χ1n) is 5.66. The smallest absolute Gasteiger partial charge is 0.357 e. The van der Waals surface area contributed by atoms with Crippen LogP contribution in [0.4, 0.5) is 6.01 Å². The van der Waals surface area contributed by atoms with E-state index >= 15 is 0 Å². The van der Waals surface area contributed by atoms with Gasteiger partial charge in [-0.3, -0.25) is 0 Å². The molecular formula is C13H13ClN2O3. The normalized spacial score (nSPS) is 12.2. The van der Waals surface area contributed by atoms with Crippen LogP contribution in [0.5, 0.6) is 0 Å². The molecule has 0 amide bonds. The van der Waals surface area contributed by atoms with E-state index in [9.17, 15) is 4.79 Å². The van der Waals surface area contributed by atoms with Crippen LogP contribution in [0.2, 0.25) is 5.02 Å². The number of anilines is 1. The van der Waals surface area contributed by atoms with Crippen LogP contribution >= 0.6 is 11.6 Å². The van der Waals surface area contributed by atoms with E-state index in [0.717, 1.165) is 11.8 Å². The molecule has 2 rings (SSSR count). The Hall–Kier alpha value is -2.01. The summed E-state index contributed by atoms with van der Waals surface area (Å²) in [6, 6.07) is 7.67. The Morgan fingerprint density at radius 3 is 2.58 bits per heavy atom. The van der Waals surface area contributed by atoms with Crippen molar-refractivity contribution >= 4 is 23.6 Å². The van der Waals surface area contributed by atoms with Crippen LogP contribution in [0.15, 0.2) is 34.9 Å². The van der Waals surface area contributed by atoms with Gasteiger partial charge in [0, 0.05) is 12.1 Å². The highest BCUT2D eigenvalue weighted by atomic mass is 35.5. The van der Waals surface area contributed by atoms with E-state index in [1.165, 1.54) is 0 Å². The molecule has 0 fully saturated rings. The van der Waals surface area contributed by atoms with Crippen LogP contribution in [0, 0.1) is 0 Å². The van der Waals surface area contributed by atoms with Gasteiger partial charge in [0.05, 0.1) is 6.04 Å². The van der Waals surface area contributed by atoms with Gasteiger partial charge in [0.1, 0.15) is 6.26 Å². The number of carbonyl (C=O) groups is 1. The third-order valence-electron chi connectivity index (χ3n) is 2.95. The highest BCUT2D eigenvalue weighted by Crippen LogP contribution is 2.25. The van der Waals surface area contributed by atoms with E-state index in [-0.39, 0.29) is 17.8 Å². The fourth-order valence-corrected chi connectivity index (χ4v) is 1.78. The van der Waals surface area contributed by atoms with Gasteiger partial charge in [-0.2, -0.15) is 4.98 Å². The van der Waals surface area contributed by atoms with Crippen molar-refractivity contribution in [3.8, 4) is 0 Å². The summed E-state index contributed by atoms with van der Waals surface area (Å²) in [5, 5.41) is 9.48. The SMILES string of the molecule is CC(c1ccc(Cl)cc1)N(C)c1nc(C(=O)O)co1. The molecule has 0 aliphatic carbocycles. The minimum atomic E-state index is -1.11. The van der Waals surface area contributed by atoms with Gasteiger partial charge < -0.3 is 14.4 Å². The number of halogens is 1. The van der Waals surface area contributed by atoms with Gasteiger partial charge in [0.15, 0.2) is 5.69 Å². The number of nitrogens with zero attached hydrogens (tertiary/aromatic N) is 2. The summed E-state index contributed by atoms with van der Waals surface area (Å²) in [6.45, 7) is 1.97. The maximum Gasteiger partial charge on any atom is 0.357 e. The number of oxazole rings is 1. The Kier molecular flexibility index (Phi) is 3.76. The molecule has 1 aromatic heterocycles. The van der Waals surface area contributed by atoms with Gasteiger partial charge in [-0.1, -0.05) is 23.7 Å². The molecule has 1 atom stereocenters. The van der Waals surface area contributed by atoms with E-state index in [1.54, 1.807) is 24.1 Å². The van der Waals surface area contributed by atoms with Gasteiger partial charge in [-0.15, -0.1) is 0 Å². The first-order chi connectivity index (χ1) is 8.99. The third kappa shape index (κ3) is 2.88. The second kappa shape index (κ2) is 5.32. The molecule has 100 valence electrons. The van der Waals surface area contributed by atoms with Gasteiger partial charge in [0.2, 0.25) is 0 Å². The molecule has 0 spiro atoms. The lowest BCUT2D eigenvalue weighted by molar-refractivity contribution is 0.0690. The van der Waals surface area contributed by atoms with Crippen LogP contribution in [-0.4, -0.2) is 23.1 Å². The molecule has 1 heterocycles. The molecule has 2 aromatic rings. The molecule has 0 radical (unpaired) electrons. The third-order valence-corrected chi connectivity index (χ3v) is 3.20. The minimum Gasteiger partial charge on any atom is -0.476 e. The highest BCUT2D eigenvalue weighted by molar-refractivity contribution is 6.30. The van der Waals surface area contributed by atoms with Crippen molar-refractivity contribution in [2.75, 3.05) is 11.9 Å². The second-order valence-corrected chi connectivity index (χ2v) is 4.60. The van der Waals surface area contributed by atoms with E-state index < -0.39 is 5.97 Å². The summed E-state index contributed by atoms with van der Waals surface area (Å²) in [5.41, 5.74) is 0.923. The summed E-state index contributed by atoms with van der Waals surface area (Å²) < 4.78 is 5.16. The lowest BCUT2D eigenvalue weighted by atomic mass is 10.1. The number of benzene rings is 1. The summed E-state index contributed by atoms with van der Waals surface area (Å²) >= 11 is 5.84. The average molecular weight is 281 g/mol. The molecule has 0 saturated carbocycles. The molecule has 5 nitrogen and oxygen atoms in total. The van der Waals surface area contributed by atoms with Crippen molar-refractivity contribution in [3.63, 3.8) is 0 Å². The van der Waals surface area contributed by atoms with Crippen molar-refractivity contribution in [3.05, 3.63) is 46.8 Å². The summed E-state index contributed by atoms with van der Waals surface area (Å²) in [6.07, 6.45) is 1.13. The van der Waals surface area contributed by atoms with Crippen molar-refractivity contribution in [2.24, 2.45) is 0 Å². The summed E-state index contributed by atoms with van der Waals surface area (Å²) in [5.74, 6) is -1.11. The maximum absolute atomic E-state index is 10.8. The molecule has 0 saturated heterocycles. The van der Waals surface area contributed by atoms with Crippen LogP contribution < -0.4 is 4.90 Å². The van der Waals surface area contributed by atoms with Crippen molar-refractivity contribution < 1.29 is 14.3 Å². The molecule has 0 aliphatic heterocycles. The Morgan fingerprint density at radius 2 is 2.05 bits per heavy atom. The summed E-state index contributed by atoms with van der Waals surface area (Å²) in [4.78, 5) is 16.4. The van der Waals surface area contributed by atoms with Crippen molar-refractivity contribution in [1.82, 2.24) is 4.98 Å². The van der Waals surface area contributed by atoms with Crippen LogP contribution in [0.1, 0.15) is 29.0 Å².